The first-order valence-corrected chi connectivity index (χ1v) is 8.24. The second-order valence-electron chi connectivity index (χ2n) is 6.98. The number of anilines is 1. The molecule has 1 N–H and O–H groups in total. The van der Waals surface area contributed by atoms with E-state index in [1.165, 1.54) is 0 Å². The molecule has 1 unspecified atom stereocenters. The van der Waals surface area contributed by atoms with E-state index in [1.807, 2.05) is 20.8 Å². The zero-order chi connectivity index (χ0) is 18.0. The van der Waals surface area contributed by atoms with Gasteiger partial charge in [0.05, 0.1) is 18.4 Å². The molecule has 25 heavy (non-hydrogen) atoms. The van der Waals surface area contributed by atoms with Gasteiger partial charge in [0.1, 0.15) is 11.6 Å². The molecule has 3 heterocycles. The van der Waals surface area contributed by atoms with Gasteiger partial charge >= 0.3 is 12.1 Å². The van der Waals surface area contributed by atoms with Crippen LogP contribution < -0.4 is 5.32 Å². The van der Waals surface area contributed by atoms with E-state index in [0.29, 0.717) is 25.0 Å². The van der Waals surface area contributed by atoms with Gasteiger partial charge in [-0.25, -0.2) is 4.79 Å². The predicted octanol–water partition coefficient (Wildman–Crippen LogP) is 1.88. The average molecular weight is 349 g/mol. The summed E-state index contributed by atoms with van der Waals surface area (Å²) in [4.78, 5) is 14.0. The maximum Gasteiger partial charge on any atom is 0.410 e. The standard InChI is InChI=1S/C15H23N7O3/c1-15(2,3)25-14(23)22-7-5-6-11(22)12-18-19-13(24-12)16-8-10-9-17-20-21(10)4/h9,11H,5-8H2,1-4H3,(H,16,19). The Balaban J connectivity index is 1.64. The largest absolute Gasteiger partial charge is 0.444 e. The summed E-state index contributed by atoms with van der Waals surface area (Å²) in [5, 5.41) is 18.8. The van der Waals surface area contributed by atoms with Gasteiger partial charge in [-0.3, -0.25) is 9.58 Å². The molecule has 1 fully saturated rings. The maximum absolute atomic E-state index is 12.4. The number of likely N-dealkylation sites (tertiary alicyclic amines) is 1. The van der Waals surface area contributed by atoms with Crippen LogP contribution in [-0.2, 0) is 18.3 Å². The van der Waals surface area contributed by atoms with E-state index < -0.39 is 5.60 Å². The summed E-state index contributed by atoms with van der Waals surface area (Å²) in [6.07, 6.45) is 2.94. The fourth-order valence-electron chi connectivity index (χ4n) is 2.64. The van der Waals surface area contributed by atoms with Gasteiger partial charge in [0.2, 0.25) is 5.89 Å². The quantitative estimate of drug-likeness (QED) is 0.890. The normalized spacial score (nSPS) is 17.8. The number of hydrogen-bond acceptors (Lipinski definition) is 8. The number of amides is 1. The summed E-state index contributed by atoms with van der Waals surface area (Å²) < 4.78 is 12.8. The van der Waals surface area contributed by atoms with Crippen LogP contribution in [0.15, 0.2) is 10.6 Å². The number of nitrogens with zero attached hydrogens (tertiary/aromatic N) is 6. The van der Waals surface area contributed by atoms with Crippen molar-refractivity contribution in [2.45, 2.75) is 51.8 Å². The van der Waals surface area contributed by atoms with Crippen LogP contribution in [0.5, 0.6) is 0 Å². The molecule has 10 heteroatoms. The SMILES string of the molecule is Cn1nncc1CNc1nnc(C2CCCN2C(=O)OC(C)(C)C)o1. The van der Waals surface area contributed by atoms with Crippen LogP contribution in [0.2, 0.25) is 0 Å². The van der Waals surface area contributed by atoms with Gasteiger partial charge in [-0.1, -0.05) is 10.3 Å². The first kappa shape index (κ1) is 17.2. The Labute approximate surface area is 145 Å². The van der Waals surface area contributed by atoms with Gasteiger partial charge in [0, 0.05) is 13.6 Å². The molecule has 0 aliphatic carbocycles. The molecule has 2 aromatic rings. The molecule has 0 bridgehead atoms. The number of hydrogen-bond donors (Lipinski definition) is 1. The highest BCUT2D eigenvalue weighted by atomic mass is 16.6. The highest BCUT2D eigenvalue weighted by Crippen LogP contribution is 2.33. The summed E-state index contributed by atoms with van der Waals surface area (Å²) in [7, 11) is 1.81. The summed E-state index contributed by atoms with van der Waals surface area (Å²) in [5.41, 5.74) is 0.346. The zero-order valence-corrected chi connectivity index (χ0v) is 14.9. The molecule has 1 aliphatic rings. The fourth-order valence-corrected chi connectivity index (χ4v) is 2.64. The lowest BCUT2D eigenvalue weighted by Crippen LogP contribution is -2.36. The molecule has 0 radical (unpaired) electrons. The van der Waals surface area contributed by atoms with E-state index in [-0.39, 0.29) is 12.1 Å². The van der Waals surface area contributed by atoms with Gasteiger partial charge in [-0.15, -0.1) is 10.2 Å². The third kappa shape index (κ3) is 4.06. The first-order chi connectivity index (χ1) is 11.8. The van der Waals surface area contributed by atoms with Crippen LogP contribution in [0, 0.1) is 0 Å². The van der Waals surface area contributed by atoms with Crippen molar-refractivity contribution in [1.29, 1.82) is 0 Å². The predicted molar refractivity (Wildman–Crippen MR) is 87.5 cm³/mol. The van der Waals surface area contributed by atoms with Crippen LogP contribution in [0.1, 0.15) is 51.2 Å². The first-order valence-electron chi connectivity index (χ1n) is 8.24. The van der Waals surface area contributed by atoms with E-state index in [1.54, 1.807) is 22.8 Å². The van der Waals surface area contributed by atoms with Crippen LogP contribution in [-0.4, -0.2) is 48.3 Å². The monoisotopic (exact) mass is 349 g/mol. The van der Waals surface area contributed by atoms with E-state index in [2.05, 4.69) is 25.8 Å². The van der Waals surface area contributed by atoms with Crippen molar-refractivity contribution in [2.75, 3.05) is 11.9 Å². The van der Waals surface area contributed by atoms with E-state index in [9.17, 15) is 4.79 Å². The van der Waals surface area contributed by atoms with Crippen LogP contribution in [0.3, 0.4) is 0 Å². The number of aryl methyl sites for hydroxylation is 1. The number of nitrogens with one attached hydrogen (secondary N) is 1. The van der Waals surface area contributed by atoms with E-state index in [4.69, 9.17) is 9.15 Å². The number of rotatable bonds is 4. The van der Waals surface area contributed by atoms with Crippen molar-refractivity contribution >= 4 is 12.1 Å². The van der Waals surface area contributed by atoms with E-state index in [0.717, 1.165) is 18.5 Å². The van der Waals surface area contributed by atoms with Crippen molar-refractivity contribution in [2.24, 2.45) is 7.05 Å². The summed E-state index contributed by atoms with van der Waals surface area (Å²) in [5.74, 6) is 0.411. The second-order valence-corrected chi connectivity index (χ2v) is 6.98. The Kier molecular flexibility index (Phi) is 4.60. The highest BCUT2D eigenvalue weighted by Gasteiger charge is 2.36. The fraction of sp³-hybridized carbons (Fsp3) is 0.667. The minimum Gasteiger partial charge on any atom is -0.444 e. The number of carbonyl (C=O) groups excluding carboxylic acids is 1. The lowest BCUT2D eigenvalue weighted by Gasteiger charge is -2.27. The van der Waals surface area contributed by atoms with Crippen molar-refractivity contribution in [1.82, 2.24) is 30.1 Å². The second kappa shape index (κ2) is 6.69. The number of ether oxygens (including phenoxy) is 1. The zero-order valence-electron chi connectivity index (χ0n) is 14.9. The van der Waals surface area contributed by atoms with Gasteiger partial charge in [-0.05, 0) is 33.6 Å². The summed E-state index contributed by atoms with van der Waals surface area (Å²) in [6, 6.07) is 0.0449. The lowest BCUT2D eigenvalue weighted by molar-refractivity contribution is 0.0204. The molecule has 0 aromatic carbocycles. The molecule has 10 nitrogen and oxygen atoms in total. The Morgan fingerprint density at radius 1 is 1.44 bits per heavy atom. The summed E-state index contributed by atoms with van der Waals surface area (Å²) >= 11 is 0. The highest BCUT2D eigenvalue weighted by molar-refractivity contribution is 5.69. The third-order valence-corrected chi connectivity index (χ3v) is 3.84. The Morgan fingerprint density at radius 3 is 2.92 bits per heavy atom. The molecule has 136 valence electrons. The number of carbonyl (C=O) groups is 1. The Morgan fingerprint density at radius 2 is 2.24 bits per heavy atom. The van der Waals surface area contributed by atoms with Crippen molar-refractivity contribution in [3.63, 3.8) is 0 Å². The molecule has 2 aromatic heterocycles. The average Bonchev–Trinajstić information content (AvgIpc) is 3.23. The molecule has 1 aliphatic heterocycles. The Hall–Kier alpha value is -2.65. The van der Waals surface area contributed by atoms with Crippen molar-refractivity contribution in [3.05, 3.63) is 17.8 Å². The minimum atomic E-state index is -0.539. The van der Waals surface area contributed by atoms with E-state index >= 15 is 0 Å². The minimum absolute atomic E-state index is 0.253. The topological polar surface area (TPSA) is 111 Å². The molecular formula is C15H23N7O3. The molecule has 1 saturated heterocycles. The third-order valence-electron chi connectivity index (χ3n) is 3.84. The number of aromatic nitrogens is 5. The van der Waals surface area contributed by atoms with Gasteiger partial charge < -0.3 is 14.5 Å². The smallest absolute Gasteiger partial charge is 0.410 e. The summed E-state index contributed by atoms with van der Waals surface area (Å²) in [6.45, 7) is 6.62. The van der Waals surface area contributed by atoms with Crippen LogP contribution in [0.25, 0.3) is 0 Å². The van der Waals surface area contributed by atoms with Crippen molar-refractivity contribution < 1.29 is 13.9 Å². The van der Waals surface area contributed by atoms with Gasteiger partial charge in [-0.2, -0.15) is 0 Å². The lowest BCUT2D eigenvalue weighted by atomic mass is 10.2. The van der Waals surface area contributed by atoms with Crippen molar-refractivity contribution in [3.8, 4) is 0 Å². The molecule has 0 saturated carbocycles. The maximum atomic E-state index is 12.4. The molecule has 1 atom stereocenters. The van der Waals surface area contributed by atoms with Crippen LogP contribution in [0.4, 0.5) is 10.8 Å². The molecular weight excluding hydrogens is 326 g/mol. The van der Waals surface area contributed by atoms with Gasteiger partial charge in [0.15, 0.2) is 0 Å². The molecule has 1 amide bonds. The Bertz CT molecular complexity index is 734. The molecule has 3 rings (SSSR count). The van der Waals surface area contributed by atoms with Gasteiger partial charge in [0.25, 0.3) is 0 Å². The van der Waals surface area contributed by atoms with Crippen LogP contribution >= 0.6 is 0 Å². The molecule has 0 spiro atoms.